The molecule has 3 aromatic heterocycles. The average Bonchev–Trinajstić information content (AvgIpc) is 2.56. The summed E-state index contributed by atoms with van der Waals surface area (Å²) in [6.07, 6.45) is 2.99. The van der Waals surface area contributed by atoms with Crippen molar-refractivity contribution in [1.29, 1.82) is 0 Å². The normalized spacial score (nSPS) is 11.3. The van der Waals surface area contributed by atoms with Crippen LogP contribution in [0.1, 0.15) is 31.0 Å². The van der Waals surface area contributed by atoms with E-state index in [4.69, 9.17) is 16.3 Å². The van der Waals surface area contributed by atoms with Gasteiger partial charge in [-0.25, -0.2) is 9.78 Å². The smallest absolute Gasteiger partial charge is 0.354 e. The SMILES string of the molecule is COc1ncc2c(Cl)nc(=O)n(-c3c(C)ccnc3C(C)C)c2c1F. The first-order chi connectivity index (χ1) is 11.9. The molecular weight excluding hydrogens is 347 g/mol. The van der Waals surface area contributed by atoms with Crippen LogP contribution >= 0.6 is 11.6 Å². The highest BCUT2D eigenvalue weighted by atomic mass is 35.5. The lowest BCUT2D eigenvalue weighted by atomic mass is 10.0. The largest absolute Gasteiger partial charge is 0.479 e. The molecular formula is C17H16ClFN4O2. The van der Waals surface area contributed by atoms with Gasteiger partial charge in [0.25, 0.3) is 5.88 Å². The summed E-state index contributed by atoms with van der Waals surface area (Å²) in [5.74, 6) is -0.991. The Morgan fingerprint density at radius 2 is 2.04 bits per heavy atom. The molecule has 130 valence electrons. The number of hydrogen-bond donors (Lipinski definition) is 0. The molecule has 0 aliphatic rings. The molecule has 0 N–H and O–H groups in total. The van der Waals surface area contributed by atoms with Crippen LogP contribution in [0, 0.1) is 12.7 Å². The minimum absolute atomic E-state index is 0.0133. The summed E-state index contributed by atoms with van der Waals surface area (Å²) in [6.45, 7) is 5.72. The van der Waals surface area contributed by atoms with E-state index in [9.17, 15) is 9.18 Å². The molecule has 0 aromatic carbocycles. The number of aromatic nitrogens is 4. The third-order valence-electron chi connectivity index (χ3n) is 3.91. The Hall–Kier alpha value is -2.54. The minimum atomic E-state index is -0.778. The molecule has 0 atom stereocenters. The van der Waals surface area contributed by atoms with Crippen molar-refractivity contribution in [2.45, 2.75) is 26.7 Å². The van der Waals surface area contributed by atoms with Gasteiger partial charge in [0.05, 0.1) is 23.9 Å². The van der Waals surface area contributed by atoms with Gasteiger partial charge in [0.15, 0.2) is 0 Å². The second-order valence-electron chi connectivity index (χ2n) is 5.88. The van der Waals surface area contributed by atoms with Gasteiger partial charge in [-0.2, -0.15) is 9.37 Å². The fourth-order valence-corrected chi connectivity index (χ4v) is 2.97. The van der Waals surface area contributed by atoms with E-state index in [1.165, 1.54) is 17.9 Å². The summed E-state index contributed by atoms with van der Waals surface area (Å²) in [5.41, 5.74) is 1.19. The van der Waals surface area contributed by atoms with E-state index < -0.39 is 11.5 Å². The Balaban J connectivity index is 2.57. The Morgan fingerprint density at radius 1 is 1.32 bits per heavy atom. The molecule has 25 heavy (non-hydrogen) atoms. The number of ether oxygens (including phenoxy) is 1. The van der Waals surface area contributed by atoms with E-state index in [-0.39, 0.29) is 27.9 Å². The van der Waals surface area contributed by atoms with Crippen LogP contribution < -0.4 is 10.4 Å². The molecule has 0 saturated carbocycles. The van der Waals surface area contributed by atoms with Gasteiger partial charge in [-0.15, -0.1) is 0 Å². The molecule has 0 spiro atoms. The Labute approximate surface area is 148 Å². The maximum atomic E-state index is 15.0. The Bertz CT molecular complexity index is 1030. The zero-order valence-corrected chi connectivity index (χ0v) is 14.9. The zero-order valence-electron chi connectivity index (χ0n) is 14.2. The summed E-state index contributed by atoms with van der Waals surface area (Å²) >= 11 is 6.04. The number of halogens is 2. The Kier molecular flexibility index (Phi) is 4.43. The predicted molar refractivity (Wildman–Crippen MR) is 93.3 cm³/mol. The molecule has 3 rings (SSSR count). The fraction of sp³-hybridized carbons (Fsp3) is 0.294. The number of methoxy groups -OCH3 is 1. The molecule has 0 aliphatic carbocycles. The van der Waals surface area contributed by atoms with Crippen molar-refractivity contribution in [3.63, 3.8) is 0 Å². The molecule has 0 saturated heterocycles. The van der Waals surface area contributed by atoms with Gasteiger partial charge in [-0.05, 0) is 24.5 Å². The molecule has 0 bridgehead atoms. The van der Waals surface area contributed by atoms with Gasteiger partial charge >= 0.3 is 5.69 Å². The number of rotatable bonds is 3. The van der Waals surface area contributed by atoms with Crippen LogP contribution in [0.15, 0.2) is 23.3 Å². The third kappa shape index (κ3) is 2.74. The molecule has 3 aromatic rings. The third-order valence-corrected chi connectivity index (χ3v) is 4.20. The van der Waals surface area contributed by atoms with Crippen molar-refractivity contribution < 1.29 is 9.13 Å². The van der Waals surface area contributed by atoms with Crippen molar-refractivity contribution in [3.8, 4) is 11.6 Å². The maximum absolute atomic E-state index is 15.0. The van der Waals surface area contributed by atoms with E-state index in [0.29, 0.717) is 11.4 Å². The van der Waals surface area contributed by atoms with Crippen LogP contribution in [-0.2, 0) is 0 Å². The summed E-state index contributed by atoms with van der Waals surface area (Å²) in [4.78, 5) is 24.7. The summed E-state index contributed by atoms with van der Waals surface area (Å²) in [7, 11) is 1.30. The molecule has 8 heteroatoms. The van der Waals surface area contributed by atoms with E-state index in [0.717, 1.165) is 5.56 Å². The van der Waals surface area contributed by atoms with E-state index in [1.807, 2.05) is 20.8 Å². The summed E-state index contributed by atoms with van der Waals surface area (Å²) in [5, 5.41) is 0.107. The van der Waals surface area contributed by atoms with Gasteiger partial charge in [-0.1, -0.05) is 25.4 Å². The second-order valence-corrected chi connectivity index (χ2v) is 6.24. The first kappa shape index (κ1) is 17.3. The van der Waals surface area contributed by atoms with Gasteiger partial charge in [-0.3, -0.25) is 9.55 Å². The molecule has 0 amide bonds. The highest BCUT2D eigenvalue weighted by Crippen LogP contribution is 2.31. The second kappa shape index (κ2) is 6.40. The number of hydrogen-bond acceptors (Lipinski definition) is 5. The summed E-state index contributed by atoms with van der Waals surface area (Å²) in [6, 6.07) is 1.75. The first-order valence-corrected chi connectivity index (χ1v) is 8.01. The monoisotopic (exact) mass is 362 g/mol. The number of nitrogens with zero attached hydrogens (tertiary/aromatic N) is 4. The standard InChI is InChI=1S/C17H16ClFN4O2/c1-8(2)12-13(9(3)5-6-20-12)23-14-10(15(18)22-17(23)24)7-21-16(25-4)11(14)19/h5-8H,1-4H3. The molecule has 0 fully saturated rings. The topological polar surface area (TPSA) is 69.9 Å². The molecule has 3 heterocycles. The Morgan fingerprint density at radius 3 is 2.68 bits per heavy atom. The van der Waals surface area contributed by atoms with Crippen LogP contribution in [0.25, 0.3) is 16.6 Å². The first-order valence-electron chi connectivity index (χ1n) is 7.63. The molecule has 6 nitrogen and oxygen atoms in total. The quantitative estimate of drug-likeness (QED) is 0.668. The van der Waals surface area contributed by atoms with Crippen LogP contribution in [-0.4, -0.2) is 26.6 Å². The number of fused-ring (bicyclic) bond motifs is 1. The van der Waals surface area contributed by atoms with Crippen LogP contribution in [0.2, 0.25) is 5.15 Å². The van der Waals surface area contributed by atoms with Crippen molar-refractivity contribution in [3.05, 3.63) is 51.2 Å². The van der Waals surface area contributed by atoms with Gasteiger partial charge in [0, 0.05) is 12.4 Å². The van der Waals surface area contributed by atoms with Crippen molar-refractivity contribution in [1.82, 2.24) is 19.5 Å². The van der Waals surface area contributed by atoms with E-state index >= 15 is 0 Å². The van der Waals surface area contributed by atoms with Crippen molar-refractivity contribution in [2.24, 2.45) is 0 Å². The lowest BCUT2D eigenvalue weighted by Gasteiger charge is -2.18. The zero-order chi connectivity index (χ0) is 18.3. The summed E-state index contributed by atoms with van der Waals surface area (Å²) < 4.78 is 21.1. The van der Waals surface area contributed by atoms with Crippen LogP contribution in [0.4, 0.5) is 4.39 Å². The highest BCUT2D eigenvalue weighted by Gasteiger charge is 2.22. The minimum Gasteiger partial charge on any atom is -0.479 e. The highest BCUT2D eigenvalue weighted by molar-refractivity contribution is 6.34. The van der Waals surface area contributed by atoms with Gasteiger partial charge in [0.1, 0.15) is 10.7 Å². The average molecular weight is 363 g/mol. The fourth-order valence-electron chi connectivity index (χ4n) is 2.75. The predicted octanol–water partition coefficient (Wildman–Crippen LogP) is 3.41. The van der Waals surface area contributed by atoms with Crippen LogP contribution in [0.3, 0.4) is 0 Å². The lowest BCUT2D eigenvalue weighted by Crippen LogP contribution is -2.25. The van der Waals surface area contributed by atoms with Crippen molar-refractivity contribution >= 4 is 22.5 Å². The number of aryl methyl sites for hydroxylation is 1. The maximum Gasteiger partial charge on any atom is 0.354 e. The van der Waals surface area contributed by atoms with Gasteiger partial charge in [0.2, 0.25) is 5.82 Å². The number of pyridine rings is 2. The molecule has 0 unspecified atom stereocenters. The van der Waals surface area contributed by atoms with E-state index in [1.54, 1.807) is 12.3 Å². The van der Waals surface area contributed by atoms with E-state index in [2.05, 4.69) is 15.0 Å². The van der Waals surface area contributed by atoms with Crippen LogP contribution in [0.5, 0.6) is 5.88 Å². The molecule has 0 radical (unpaired) electrons. The molecule has 0 aliphatic heterocycles. The van der Waals surface area contributed by atoms with Gasteiger partial charge < -0.3 is 4.74 Å². The van der Waals surface area contributed by atoms with Crippen molar-refractivity contribution in [2.75, 3.05) is 7.11 Å². The lowest BCUT2D eigenvalue weighted by molar-refractivity contribution is 0.371.